The predicted octanol–water partition coefficient (Wildman–Crippen LogP) is 4.54. The van der Waals surface area contributed by atoms with Crippen molar-refractivity contribution >= 4 is 6.03 Å². The molecule has 0 bridgehead atoms. The highest BCUT2D eigenvalue weighted by Gasteiger charge is 2.31. The number of hydrogen-bond donors (Lipinski definition) is 1. The van der Waals surface area contributed by atoms with E-state index in [-0.39, 0.29) is 12.1 Å². The first kappa shape index (κ1) is 16.4. The molecule has 1 aliphatic heterocycles. The van der Waals surface area contributed by atoms with Crippen LogP contribution in [0.1, 0.15) is 28.3 Å². The first-order valence-corrected chi connectivity index (χ1v) is 9.04. The average Bonchev–Trinajstić information content (AvgIpc) is 2.72. The van der Waals surface area contributed by atoms with Crippen molar-refractivity contribution in [1.82, 2.24) is 10.2 Å². The van der Waals surface area contributed by atoms with E-state index in [1.807, 2.05) is 53.4 Å². The molecule has 1 N–H and O–H groups in total. The van der Waals surface area contributed by atoms with Crippen molar-refractivity contribution in [3.8, 4) is 0 Å². The fourth-order valence-electron chi connectivity index (χ4n) is 3.66. The quantitative estimate of drug-likeness (QED) is 0.744. The number of nitrogens with one attached hydrogen (secondary N) is 1. The van der Waals surface area contributed by atoms with E-state index in [0.717, 1.165) is 24.1 Å². The Labute approximate surface area is 154 Å². The van der Waals surface area contributed by atoms with Crippen LogP contribution in [0.2, 0.25) is 0 Å². The average molecular weight is 342 g/mol. The molecule has 0 fully saturated rings. The third kappa shape index (κ3) is 3.33. The molecule has 0 aromatic heterocycles. The smallest absolute Gasteiger partial charge is 0.318 e. The Morgan fingerprint density at radius 1 is 0.885 bits per heavy atom. The number of amides is 2. The maximum absolute atomic E-state index is 13.0. The highest BCUT2D eigenvalue weighted by Crippen LogP contribution is 2.34. The number of hydrogen-bond acceptors (Lipinski definition) is 1. The van der Waals surface area contributed by atoms with Crippen LogP contribution < -0.4 is 5.32 Å². The predicted molar refractivity (Wildman–Crippen MR) is 104 cm³/mol. The molecule has 4 rings (SSSR count). The van der Waals surface area contributed by atoms with Gasteiger partial charge in [0.25, 0.3) is 0 Å². The summed E-state index contributed by atoms with van der Waals surface area (Å²) in [6, 6.07) is 28.7. The third-order valence-corrected chi connectivity index (χ3v) is 4.95. The second-order valence-corrected chi connectivity index (χ2v) is 6.60. The van der Waals surface area contributed by atoms with E-state index >= 15 is 0 Å². The summed E-state index contributed by atoms with van der Waals surface area (Å²) in [4.78, 5) is 14.9. The van der Waals surface area contributed by atoms with Crippen LogP contribution >= 0.6 is 0 Å². The van der Waals surface area contributed by atoms with Gasteiger partial charge in [0.05, 0.1) is 6.04 Å². The summed E-state index contributed by atoms with van der Waals surface area (Å²) in [5, 5.41) is 3.09. The van der Waals surface area contributed by atoms with E-state index in [4.69, 9.17) is 0 Å². The number of nitrogens with zero attached hydrogens (tertiary/aromatic N) is 1. The summed E-state index contributed by atoms with van der Waals surface area (Å²) < 4.78 is 0. The Morgan fingerprint density at radius 2 is 1.54 bits per heavy atom. The van der Waals surface area contributed by atoms with Gasteiger partial charge in [-0.15, -0.1) is 0 Å². The summed E-state index contributed by atoms with van der Waals surface area (Å²) in [6.07, 6.45) is 0.887. The van der Waals surface area contributed by atoms with Crippen LogP contribution in [0, 0.1) is 0 Å². The van der Waals surface area contributed by atoms with Gasteiger partial charge in [0, 0.05) is 13.1 Å². The van der Waals surface area contributed by atoms with Crippen molar-refractivity contribution in [3.05, 3.63) is 107 Å². The SMILES string of the molecule is O=C(NCc1ccccc1)N1CCc2ccccc2[C@@H]1c1ccccc1. The molecule has 3 nitrogen and oxygen atoms in total. The maximum atomic E-state index is 13.0. The van der Waals surface area contributed by atoms with Crippen molar-refractivity contribution in [2.45, 2.75) is 19.0 Å². The largest absolute Gasteiger partial charge is 0.334 e. The Kier molecular flexibility index (Phi) is 4.69. The molecule has 0 radical (unpaired) electrons. The van der Waals surface area contributed by atoms with E-state index in [9.17, 15) is 4.79 Å². The summed E-state index contributed by atoms with van der Waals surface area (Å²) in [5.74, 6) is 0. The molecule has 1 atom stereocenters. The van der Waals surface area contributed by atoms with Crippen molar-refractivity contribution in [3.63, 3.8) is 0 Å². The lowest BCUT2D eigenvalue weighted by molar-refractivity contribution is 0.179. The molecule has 1 heterocycles. The molecule has 0 saturated carbocycles. The Morgan fingerprint density at radius 3 is 2.31 bits per heavy atom. The van der Waals surface area contributed by atoms with E-state index in [2.05, 4.69) is 41.7 Å². The van der Waals surface area contributed by atoms with Gasteiger partial charge in [-0.2, -0.15) is 0 Å². The van der Waals surface area contributed by atoms with Gasteiger partial charge < -0.3 is 10.2 Å². The van der Waals surface area contributed by atoms with E-state index in [1.54, 1.807) is 0 Å². The zero-order valence-electron chi connectivity index (χ0n) is 14.6. The number of carbonyl (C=O) groups is 1. The molecule has 0 unspecified atom stereocenters. The van der Waals surface area contributed by atoms with Crippen LogP contribution in [0.25, 0.3) is 0 Å². The second kappa shape index (κ2) is 7.44. The highest BCUT2D eigenvalue weighted by atomic mass is 16.2. The Balaban J connectivity index is 1.61. The third-order valence-electron chi connectivity index (χ3n) is 4.95. The van der Waals surface area contributed by atoms with Crippen LogP contribution in [0.3, 0.4) is 0 Å². The molecule has 3 heteroatoms. The lowest BCUT2D eigenvalue weighted by Crippen LogP contribution is -2.45. The van der Waals surface area contributed by atoms with Crippen LogP contribution in [-0.2, 0) is 13.0 Å². The van der Waals surface area contributed by atoms with Gasteiger partial charge in [0.1, 0.15) is 0 Å². The van der Waals surface area contributed by atoms with Crippen molar-refractivity contribution in [2.75, 3.05) is 6.54 Å². The number of fused-ring (bicyclic) bond motifs is 1. The van der Waals surface area contributed by atoms with Crippen molar-refractivity contribution in [2.24, 2.45) is 0 Å². The molecule has 130 valence electrons. The molecule has 3 aromatic rings. The zero-order chi connectivity index (χ0) is 17.8. The normalized spacial score (nSPS) is 16.0. The van der Waals surface area contributed by atoms with Gasteiger partial charge in [-0.05, 0) is 28.7 Å². The zero-order valence-corrected chi connectivity index (χ0v) is 14.6. The fraction of sp³-hybridized carbons (Fsp3) is 0.174. The number of rotatable bonds is 3. The molecule has 26 heavy (non-hydrogen) atoms. The lowest BCUT2D eigenvalue weighted by Gasteiger charge is -2.37. The van der Waals surface area contributed by atoms with Crippen LogP contribution in [0.4, 0.5) is 4.79 Å². The monoisotopic (exact) mass is 342 g/mol. The number of benzene rings is 3. The number of carbonyl (C=O) groups excluding carboxylic acids is 1. The van der Waals surface area contributed by atoms with Gasteiger partial charge in [0.15, 0.2) is 0 Å². The molecule has 1 aliphatic rings. The minimum absolute atomic E-state index is 0.0165. The Bertz CT molecular complexity index is 877. The number of urea groups is 1. The van der Waals surface area contributed by atoms with E-state index in [1.165, 1.54) is 11.1 Å². The van der Waals surface area contributed by atoms with Crippen molar-refractivity contribution < 1.29 is 4.79 Å². The molecule has 0 saturated heterocycles. The van der Waals surface area contributed by atoms with Crippen LogP contribution in [0.5, 0.6) is 0 Å². The van der Waals surface area contributed by atoms with Gasteiger partial charge in [0.2, 0.25) is 0 Å². The summed E-state index contributed by atoms with van der Waals surface area (Å²) in [6.45, 7) is 1.26. The van der Waals surface area contributed by atoms with Crippen LogP contribution in [0.15, 0.2) is 84.9 Å². The lowest BCUT2D eigenvalue weighted by atomic mass is 9.88. The molecule has 2 amide bonds. The standard InChI is InChI=1S/C23H22N2O/c26-23(24-17-18-9-3-1-4-10-18)25-16-15-19-11-7-8-14-21(19)22(25)20-12-5-2-6-13-20/h1-14,22H,15-17H2,(H,24,26)/t22-/m0/s1. The molecule has 0 aliphatic carbocycles. The van der Waals surface area contributed by atoms with Gasteiger partial charge in [-0.1, -0.05) is 84.9 Å². The fourth-order valence-corrected chi connectivity index (χ4v) is 3.66. The van der Waals surface area contributed by atoms with Gasteiger partial charge in [-0.25, -0.2) is 4.79 Å². The van der Waals surface area contributed by atoms with E-state index in [0.29, 0.717) is 6.54 Å². The molecule has 3 aromatic carbocycles. The highest BCUT2D eigenvalue weighted by molar-refractivity contribution is 5.76. The first-order valence-electron chi connectivity index (χ1n) is 9.04. The summed E-state index contributed by atoms with van der Waals surface area (Å²) >= 11 is 0. The first-order chi connectivity index (χ1) is 12.8. The molecular weight excluding hydrogens is 320 g/mol. The topological polar surface area (TPSA) is 32.3 Å². The van der Waals surface area contributed by atoms with Crippen molar-refractivity contribution in [1.29, 1.82) is 0 Å². The Hall–Kier alpha value is -3.07. The summed E-state index contributed by atoms with van der Waals surface area (Å²) in [5.41, 5.74) is 4.80. The minimum Gasteiger partial charge on any atom is -0.334 e. The molecule has 0 spiro atoms. The summed E-state index contributed by atoms with van der Waals surface area (Å²) in [7, 11) is 0. The van der Waals surface area contributed by atoms with E-state index < -0.39 is 0 Å². The maximum Gasteiger partial charge on any atom is 0.318 e. The molecular formula is C23H22N2O. The minimum atomic E-state index is -0.0445. The second-order valence-electron chi connectivity index (χ2n) is 6.60. The van der Waals surface area contributed by atoms with Gasteiger partial charge >= 0.3 is 6.03 Å². The van der Waals surface area contributed by atoms with Gasteiger partial charge in [-0.3, -0.25) is 0 Å². The van der Waals surface area contributed by atoms with Crippen LogP contribution in [-0.4, -0.2) is 17.5 Å².